The number of hydrogen-bond acceptors (Lipinski definition) is 0. The minimum absolute atomic E-state index is 1.07. The van der Waals surface area contributed by atoms with Gasteiger partial charge in [0.25, 0.3) is 0 Å². The van der Waals surface area contributed by atoms with E-state index in [-0.39, 0.29) is 0 Å². The molecule has 0 aliphatic rings. The lowest BCUT2D eigenvalue weighted by Crippen LogP contribution is -1.90. The average molecular weight is 292 g/mol. The van der Waals surface area contributed by atoms with Gasteiger partial charge in [-0.2, -0.15) is 0 Å². The lowest BCUT2D eigenvalue weighted by atomic mass is 9.98. The molecule has 0 heteroatoms. The highest BCUT2D eigenvalue weighted by molar-refractivity contribution is 5.74. The van der Waals surface area contributed by atoms with Crippen LogP contribution >= 0.6 is 0 Å². The highest BCUT2D eigenvalue weighted by Crippen LogP contribution is 2.19. The van der Waals surface area contributed by atoms with Crippen LogP contribution in [0.3, 0.4) is 0 Å². The summed E-state index contributed by atoms with van der Waals surface area (Å²) in [5, 5.41) is 0. The van der Waals surface area contributed by atoms with Crippen LogP contribution in [0, 0.1) is 0 Å². The molecular formula is C22H28. The van der Waals surface area contributed by atoms with Crippen molar-refractivity contribution in [1.82, 2.24) is 0 Å². The predicted molar refractivity (Wildman–Crippen MR) is 101 cm³/mol. The minimum Gasteiger partial charge on any atom is -0.0990 e. The summed E-state index contributed by atoms with van der Waals surface area (Å²) in [6.45, 7) is 14.0. The van der Waals surface area contributed by atoms with E-state index in [1.807, 2.05) is 12.2 Å². The first-order chi connectivity index (χ1) is 10.6. The van der Waals surface area contributed by atoms with E-state index in [2.05, 4.69) is 70.3 Å². The summed E-state index contributed by atoms with van der Waals surface area (Å²) in [7, 11) is 0. The molecule has 0 nitrogen and oxygen atoms in total. The van der Waals surface area contributed by atoms with Gasteiger partial charge in [0.1, 0.15) is 0 Å². The Bertz CT molecular complexity index is 573. The van der Waals surface area contributed by atoms with Crippen molar-refractivity contribution in [3.8, 4) is 0 Å². The maximum absolute atomic E-state index is 3.85. The topological polar surface area (TPSA) is 0 Å². The van der Waals surface area contributed by atoms with Gasteiger partial charge in [-0.25, -0.2) is 0 Å². The van der Waals surface area contributed by atoms with Crippen LogP contribution in [0.1, 0.15) is 44.7 Å². The molecule has 116 valence electrons. The van der Waals surface area contributed by atoms with E-state index >= 15 is 0 Å². The Morgan fingerprint density at radius 3 is 2.27 bits per heavy atom. The van der Waals surface area contributed by atoms with Gasteiger partial charge in [0.2, 0.25) is 0 Å². The van der Waals surface area contributed by atoms with E-state index in [0.717, 1.165) is 24.8 Å². The Morgan fingerprint density at radius 1 is 1.09 bits per heavy atom. The van der Waals surface area contributed by atoms with Crippen LogP contribution in [-0.2, 0) is 6.42 Å². The summed E-state index contributed by atoms with van der Waals surface area (Å²) in [4.78, 5) is 0. The van der Waals surface area contributed by atoms with Gasteiger partial charge < -0.3 is 0 Å². The molecule has 0 saturated heterocycles. The minimum atomic E-state index is 1.07. The molecule has 0 fully saturated rings. The molecule has 1 aromatic rings. The van der Waals surface area contributed by atoms with Gasteiger partial charge in [0.05, 0.1) is 0 Å². The molecule has 0 saturated carbocycles. The fourth-order valence-corrected chi connectivity index (χ4v) is 2.28. The molecule has 0 aromatic heterocycles. The third-order valence-corrected chi connectivity index (χ3v) is 3.72. The Labute approximate surface area is 136 Å². The lowest BCUT2D eigenvalue weighted by Gasteiger charge is -2.07. The Balaban J connectivity index is 2.68. The smallest absolute Gasteiger partial charge is 0.0136 e. The largest absolute Gasteiger partial charge is 0.0990 e. The summed E-state index contributed by atoms with van der Waals surface area (Å²) < 4.78 is 0. The van der Waals surface area contributed by atoms with Crippen LogP contribution in [0.25, 0.3) is 5.57 Å². The van der Waals surface area contributed by atoms with E-state index in [0.29, 0.717) is 0 Å². The molecule has 0 radical (unpaired) electrons. The summed E-state index contributed by atoms with van der Waals surface area (Å²) in [5.41, 5.74) is 6.56. The van der Waals surface area contributed by atoms with Crippen molar-refractivity contribution < 1.29 is 0 Å². The highest BCUT2D eigenvalue weighted by Gasteiger charge is 2.00. The summed E-state index contributed by atoms with van der Waals surface area (Å²) in [6.07, 6.45) is 13.5. The Hall–Kier alpha value is -2.08. The summed E-state index contributed by atoms with van der Waals surface area (Å²) in [6, 6.07) is 8.75. The molecule has 0 amide bonds. The molecule has 1 aromatic carbocycles. The molecule has 0 aliphatic heterocycles. The van der Waals surface area contributed by atoms with Crippen LogP contribution in [0.2, 0.25) is 0 Å². The lowest BCUT2D eigenvalue weighted by molar-refractivity contribution is 0.904. The first kappa shape index (κ1) is 18.0. The molecular weight excluding hydrogens is 264 g/mol. The van der Waals surface area contributed by atoms with Crippen molar-refractivity contribution in [2.45, 2.75) is 40.0 Å². The van der Waals surface area contributed by atoms with E-state index in [1.165, 1.54) is 22.3 Å². The molecule has 0 unspecified atom stereocenters. The second kappa shape index (κ2) is 9.78. The van der Waals surface area contributed by atoms with Crippen LogP contribution in [0.5, 0.6) is 0 Å². The van der Waals surface area contributed by atoms with Gasteiger partial charge in [-0.05, 0) is 56.7 Å². The zero-order valence-corrected chi connectivity index (χ0v) is 14.2. The van der Waals surface area contributed by atoms with Gasteiger partial charge in [0.15, 0.2) is 0 Å². The number of benzene rings is 1. The SMILES string of the molecule is C=C/C=C(\C=C)c1ccc(CC/C(=C/C)CC=C(C)C)cc1. The first-order valence-electron chi connectivity index (χ1n) is 7.92. The van der Waals surface area contributed by atoms with Gasteiger partial charge in [-0.15, -0.1) is 0 Å². The number of rotatable bonds is 8. The molecule has 1 rings (SSSR count). The standard InChI is InChI=1S/C22H28/c1-6-9-21(8-3)22-16-14-20(15-17-22)13-12-19(7-2)11-10-18(4)5/h6-10,14-17H,1,3,11-13H2,2,4-5H3/b19-7+,21-9+. The summed E-state index contributed by atoms with van der Waals surface area (Å²) in [5.74, 6) is 0. The third kappa shape index (κ3) is 6.13. The monoisotopic (exact) mass is 292 g/mol. The van der Waals surface area contributed by atoms with Crippen LogP contribution in [-0.4, -0.2) is 0 Å². The van der Waals surface area contributed by atoms with Crippen molar-refractivity contribution in [2.24, 2.45) is 0 Å². The second-order valence-corrected chi connectivity index (χ2v) is 5.69. The fraction of sp³-hybridized carbons (Fsp3) is 0.273. The maximum Gasteiger partial charge on any atom is -0.0136 e. The average Bonchev–Trinajstić information content (AvgIpc) is 2.53. The molecule has 0 spiro atoms. The van der Waals surface area contributed by atoms with Crippen molar-refractivity contribution in [1.29, 1.82) is 0 Å². The van der Waals surface area contributed by atoms with Crippen LogP contribution in [0.4, 0.5) is 0 Å². The van der Waals surface area contributed by atoms with E-state index in [9.17, 15) is 0 Å². The summed E-state index contributed by atoms with van der Waals surface area (Å²) >= 11 is 0. The van der Waals surface area contributed by atoms with Crippen LogP contribution in [0.15, 0.2) is 78.9 Å². The van der Waals surface area contributed by atoms with Crippen molar-refractivity contribution in [3.63, 3.8) is 0 Å². The maximum atomic E-state index is 3.85. The highest BCUT2D eigenvalue weighted by atomic mass is 14.1. The molecule has 0 N–H and O–H groups in total. The fourth-order valence-electron chi connectivity index (χ4n) is 2.28. The van der Waals surface area contributed by atoms with Crippen molar-refractivity contribution in [2.75, 3.05) is 0 Å². The zero-order valence-electron chi connectivity index (χ0n) is 14.2. The van der Waals surface area contributed by atoms with Crippen LogP contribution < -0.4 is 0 Å². The van der Waals surface area contributed by atoms with Crippen molar-refractivity contribution >= 4 is 5.57 Å². The number of allylic oxidation sites excluding steroid dienone is 8. The Kier molecular flexibility index (Phi) is 7.99. The molecule has 0 aliphatic carbocycles. The molecule has 0 atom stereocenters. The van der Waals surface area contributed by atoms with Gasteiger partial charge in [-0.1, -0.05) is 78.9 Å². The van der Waals surface area contributed by atoms with Gasteiger partial charge >= 0.3 is 0 Å². The molecule has 0 bridgehead atoms. The van der Waals surface area contributed by atoms with E-state index in [4.69, 9.17) is 0 Å². The Morgan fingerprint density at radius 2 is 1.77 bits per heavy atom. The predicted octanol–water partition coefficient (Wildman–Crippen LogP) is 6.68. The van der Waals surface area contributed by atoms with Crippen molar-refractivity contribution in [3.05, 3.63) is 90.1 Å². The van der Waals surface area contributed by atoms with E-state index < -0.39 is 0 Å². The third-order valence-electron chi connectivity index (χ3n) is 3.72. The first-order valence-corrected chi connectivity index (χ1v) is 7.92. The van der Waals surface area contributed by atoms with Gasteiger partial charge in [0, 0.05) is 0 Å². The zero-order chi connectivity index (χ0) is 16.4. The normalized spacial score (nSPS) is 12.0. The molecule has 22 heavy (non-hydrogen) atoms. The second-order valence-electron chi connectivity index (χ2n) is 5.69. The number of aryl methyl sites for hydroxylation is 1. The quantitative estimate of drug-likeness (QED) is 0.370. The number of hydrogen-bond donors (Lipinski definition) is 0. The van der Waals surface area contributed by atoms with E-state index in [1.54, 1.807) is 6.08 Å². The molecule has 0 heterocycles. The van der Waals surface area contributed by atoms with Gasteiger partial charge in [-0.3, -0.25) is 0 Å².